The molecule has 0 unspecified atom stereocenters. The van der Waals surface area contributed by atoms with Crippen molar-refractivity contribution in [2.45, 2.75) is 0 Å². The first-order valence-corrected chi connectivity index (χ1v) is 7.39. The minimum absolute atomic E-state index is 0.152. The first-order chi connectivity index (χ1) is 10.6. The molecular formula is C17H12BrFN2O. The minimum atomic E-state index is -0.299. The van der Waals surface area contributed by atoms with Crippen molar-refractivity contribution < 1.29 is 9.50 Å². The van der Waals surface area contributed by atoms with Gasteiger partial charge in [0.2, 0.25) is 0 Å². The summed E-state index contributed by atoms with van der Waals surface area (Å²) < 4.78 is 13.8. The lowest BCUT2D eigenvalue weighted by Crippen LogP contribution is -1.92. The zero-order valence-corrected chi connectivity index (χ0v) is 13.0. The number of halogens is 2. The van der Waals surface area contributed by atoms with Gasteiger partial charge in [-0.25, -0.2) is 4.39 Å². The van der Waals surface area contributed by atoms with Crippen molar-refractivity contribution in [1.29, 1.82) is 0 Å². The van der Waals surface area contributed by atoms with Gasteiger partial charge >= 0.3 is 0 Å². The van der Waals surface area contributed by atoms with E-state index in [4.69, 9.17) is 0 Å². The van der Waals surface area contributed by atoms with Crippen LogP contribution >= 0.6 is 15.9 Å². The number of rotatable bonds is 3. The summed E-state index contributed by atoms with van der Waals surface area (Å²) in [5.74, 6) is -0.147. The van der Waals surface area contributed by atoms with Crippen LogP contribution < -0.4 is 5.43 Å². The molecule has 0 aliphatic heterocycles. The zero-order valence-electron chi connectivity index (χ0n) is 11.4. The lowest BCUT2D eigenvalue weighted by Gasteiger charge is -2.06. The van der Waals surface area contributed by atoms with Crippen molar-refractivity contribution in [3.8, 4) is 5.75 Å². The van der Waals surface area contributed by atoms with Gasteiger partial charge in [0.25, 0.3) is 0 Å². The third-order valence-corrected chi connectivity index (χ3v) is 3.73. The second-order valence-electron chi connectivity index (χ2n) is 4.74. The highest BCUT2D eigenvalue weighted by Gasteiger charge is 2.05. The highest BCUT2D eigenvalue weighted by Crippen LogP contribution is 2.28. The van der Waals surface area contributed by atoms with Gasteiger partial charge in [-0.05, 0) is 53.2 Å². The Bertz CT molecular complexity index is 847. The van der Waals surface area contributed by atoms with Crippen molar-refractivity contribution in [2.24, 2.45) is 5.10 Å². The van der Waals surface area contributed by atoms with E-state index < -0.39 is 0 Å². The second kappa shape index (κ2) is 6.15. The van der Waals surface area contributed by atoms with Crippen molar-refractivity contribution in [3.63, 3.8) is 0 Å². The van der Waals surface area contributed by atoms with Gasteiger partial charge in [-0.3, -0.25) is 5.43 Å². The topological polar surface area (TPSA) is 44.6 Å². The Morgan fingerprint density at radius 1 is 1.05 bits per heavy atom. The summed E-state index contributed by atoms with van der Waals surface area (Å²) in [4.78, 5) is 0. The Hall–Kier alpha value is -2.40. The van der Waals surface area contributed by atoms with Crippen LogP contribution in [0.15, 0.2) is 64.2 Å². The Morgan fingerprint density at radius 3 is 2.59 bits per heavy atom. The van der Waals surface area contributed by atoms with Crippen LogP contribution in [0.1, 0.15) is 5.56 Å². The molecule has 5 heteroatoms. The number of anilines is 1. The van der Waals surface area contributed by atoms with Gasteiger partial charge < -0.3 is 5.11 Å². The lowest BCUT2D eigenvalue weighted by atomic mass is 10.0. The van der Waals surface area contributed by atoms with Crippen molar-refractivity contribution in [2.75, 3.05) is 5.43 Å². The number of nitrogens with one attached hydrogen (secondary N) is 1. The fourth-order valence-corrected chi connectivity index (χ4v) is 2.52. The zero-order chi connectivity index (χ0) is 15.5. The second-order valence-corrected chi connectivity index (χ2v) is 5.66. The standard InChI is InChI=1S/C17H12BrFN2O/c18-12-2-7-15-11(9-12)1-8-17(22)16(15)10-20-21-14-5-3-13(19)4-6-14/h1-10,21-22H/b20-10+. The molecule has 3 nitrogen and oxygen atoms in total. The number of phenols is 1. The summed E-state index contributed by atoms with van der Waals surface area (Å²) in [5.41, 5.74) is 4.10. The molecule has 0 bridgehead atoms. The number of hydrogen-bond donors (Lipinski definition) is 2. The maximum atomic E-state index is 12.8. The summed E-state index contributed by atoms with van der Waals surface area (Å²) >= 11 is 3.43. The van der Waals surface area contributed by atoms with Gasteiger partial charge in [0.1, 0.15) is 11.6 Å². The van der Waals surface area contributed by atoms with Crippen LogP contribution in [0, 0.1) is 5.82 Å². The van der Waals surface area contributed by atoms with E-state index >= 15 is 0 Å². The molecule has 22 heavy (non-hydrogen) atoms. The molecular weight excluding hydrogens is 347 g/mol. The molecule has 0 fully saturated rings. The maximum Gasteiger partial charge on any atom is 0.125 e. The van der Waals surface area contributed by atoms with Crippen LogP contribution in [-0.4, -0.2) is 11.3 Å². The highest BCUT2D eigenvalue weighted by molar-refractivity contribution is 9.10. The number of benzene rings is 3. The van der Waals surface area contributed by atoms with E-state index in [1.54, 1.807) is 24.4 Å². The van der Waals surface area contributed by atoms with E-state index in [0.717, 1.165) is 15.2 Å². The molecule has 3 rings (SSSR count). The Morgan fingerprint density at radius 2 is 1.82 bits per heavy atom. The van der Waals surface area contributed by atoms with Crippen LogP contribution in [0.25, 0.3) is 10.8 Å². The Labute approximate surface area is 135 Å². The Kier molecular flexibility index (Phi) is 4.06. The normalized spacial score (nSPS) is 11.2. The summed E-state index contributed by atoms with van der Waals surface area (Å²) in [6.07, 6.45) is 1.55. The Balaban J connectivity index is 1.91. The molecule has 2 N–H and O–H groups in total. The summed E-state index contributed by atoms with van der Waals surface area (Å²) in [5, 5.41) is 16.0. The van der Waals surface area contributed by atoms with Crippen LogP contribution in [-0.2, 0) is 0 Å². The van der Waals surface area contributed by atoms with Crippen molar-refractivity contribution in [1.82, 2.24) is 0 Å². The SMILES string of the molecule is Oc1ccc2cc(Br)ccc2c1/C=N/Nc1ccc(F)cc1. The molecule has 0 saturated carbocycles. The van der Waals surface area contributed by atoms with Gasteiger partial charge in [-0.2, -0.15) is 5.10 Å². The molecule has 3 aromatic rings. The molecule has 0 aromatic heterocycles. The van der Waals surface area contributed by atoms with Crippen molar-refractivity contribution in [3.05, 3.63) is 70.5 Å². The van der Waals surface area contributed by atoms with Crippen molar-refractivity contribution >= 4 is 38.6 Å². The van der Waals surface area contributed by atoms with E-state index in [1.807, 2.05) is 24.3 Å². The number of phenolic OH excluding ortho intramolecular Hbond substituents is 1. The first kappa shape index (κ1) is 14.5. The average molecular weight is 359 g/mol. The molecule has 0 radical (unpaired) electrons. The molecule has 110 valence electrons. The van der Waals surface area contributed by atoms with Crippen LogP contribution in [0.3, 0.4) is 0 Å². The fourth-order valence-electron chi connectivity index (χ4n) is 2.14. The summed E-state index contributed by atoms with van der Waals surface area (Å²) in [7, 11) is 0. The molecule has 3 aromatic carbocycles. The third kappa shape index (κ3) is 3.09. The van der Waals surface area contributed by atoms with Gasteiger partial charge in [0.05, 0.1) is 11.9 Å². The maximum absolute atomic E-state index is 12.8. The number of hydrazone groups is 1. The number of hydrogen-bond acceptors (Lipinski definition) is 3. The number of nitrogens with zero attached hydrogens (tertiary/aromatic N) is 1. The van der Waals surface area contributed by atoms with E-state index in [2.05, 4.69) is 26.5 Å². The van der Waals surface area contributed by atoms with E-state index in [9.17, 15) is 9.50 Å². The summed E-state index contributed by atoms with van der Waals surface area (Å²) in [6, 6.07) is 15.2. The predicted molar refractivity (Wildman–Crippen MR) is 90.9 cm³/mol. The molecule has 0 saturated heterocycles. The van der Waals surface area contributed by atoms with Crippen LogP contribution in [0.5, 0.6) is 5.75 Å². The molecule has 0 spiro atoms. The van der Waals surface area contributed by atoms with E-state index in [1.165, 1.54) is 12.1 Å². The van der Waals surface area contributed by atoms with Gasteiger partial charge in [0, 0.05) is 10.0 Å². The van der Waals surface area contributed by atoms with Gasteiger partial charge in [-0.1, -0.05) is 28.1 Å². The summed E-state index contributed by atoms with van der Waals surface area (Å²) in [6.45, 7) is 0. The minimum Gasteiger partial charge on any atom is -0.507 e. The fraction of sp³-hybridized carbons (Fsp3) is 0. The molecule has 0 aliphatic rings. The van der Waals surface area contributed by atoms with Gasteiger partial charge in [0.15, 0.2) is 0 Å². The monoisotopic (exact) mass is 358 g/mol. The first-order valence-electron chi connectivity index (χ1n) is 6.59. The van der Waals surface area contributed by atoms with E-state index in [-0.39, 0.29) is 11.6 Å². The van der Waals surface area contributed by atoms with E-state index in [0.29, 0.717) is 11.3 Å². The predicted octanol–water partition coefficient (Wildman–Crippen LogP) is 4.89. The number of aromatic hydroxyl groups is 1. The largest absolute Gasteiger partial charge is 0.507 e. The lowest BCUT2D eigenvalue weighted by molar-refractivity contribution is 0.475. The molecule has 0 heterocycles. The average Bonchev–Trinajstić information content (AvgIpc) is 2.51. The van der Waals surface area contributed by atoms with Gasteiger partial charge in [-0.15, -0.1) is 0 Å². The molecule has 0 atom stereocenters. The smallest absolute Gasteiger partial charge is 0.125 e. The van der Waals surface area contributed by atoms with Crippen LogP contribution in [0.4, 0.5) is 10.1 Å². The highest BCUT2D eigenvalue weighted by atomic mass is 79.9. The molecule has 0 aliphatic carbocycles. The quantitative estimate of drug-likeness (QED) is 0.516. The molecule has 0 amide bonds. The van der Waals surface area contributed by atoms with Crippen LogP contribution in [0.2, 0.25) is 0 Å². The number of fused-ring (bicyclic) bond motifs is 1. The third-order valence-electron chi connectivity index (χ3n) is 3.23.